The van der Waals surface area contributed by atoms with E-state index < -0.39 is 7.37 Å². The van der Waals surface area contributed by atoms with E-state index in [1.807, 2.05) is 13.1 Å². The minimum atomic E-state index is -2.61. The first-order chi connectivity index (χ1) is 19.1. The zero-order valence-electron chi connectivity index (χ0n) is 25.7. The fourth-order valence-electron chi connectivity index (χ4n) is 5.97. The van der Waals surface area contributed by atoms with Crippen molar-refractivity contribution in [2.45, 2.75) is 78.6 Å². The highest BCUT2D eigenvalue weighted by Gasteiger charge is 2.36. The number of methoxy groups -OCH3 is 1. The van der Waals surface area contributed by atoms with Crippen molar-refractivity contribution in [3.05, 3.63) is 47.7 Å². The SMILES string of the molecule is CCOP(C)(=O)CC(c1ccnc(OCC2CCN(c3cc(OC)ccc3CCCC(C)(C)C)CC2)c1)C1CC1. The minimum Gasteiger partial charge on any atom is -0.497 e. The summed E-state index contributed by atoms with van der Waals surface area (Å²) in [5.74, 6) is 2.95. The third-order valence-electron chi connectivity index (χ3n) is 8.40. The van der Waals surface area contributed by atoms with Gasteiger partial charge in [0.2, 0.25) is 13.2 Å². The van der Waals surface area contributed by atoms with Crippen LogP contribution >= 0.6 is 7.37 Å². The Balaban J connectivity index is 1.33. The number of ether oxygens (including phenoxy) is 2. The Labute approximate surface area is 242 Å². The van der Waals surface area contributed by atoms with Crippen molar-refractivity contribution in [1.82, 2.24) is 4.98 Å². The Bertz CT molecular complexity index is 1140. The molecule has 1 aromatic carbocycles. The summed E-state index contributed by atoms with van der Waals surface area (Å²) < 4.78 is 30.4. The molecule has 1 aliphatic heterocycles. The van der Waals surface area contributed by atoms with Gasteiger partial charge in [-0.2, -0.15) is 0 Å². The number of nitrogens with zero attached hydrogens (tertiary/aromatic N) is 2. The van der Waals surface area contributed by atoms with Crippen LogP contribution in [0.5, 0.6) is 11.6 Å². The lowest BCUT2D eigenvalue weighted by Crippen LogP contribution is -2.36. The molecule has 4 rings (SSSR count). The lowest BCUT2D eigenvalue weighted by molar-refractivity contribution is 0.216. The topological polar surface area (TPSA) is 60.9 Å². The molecule has 2 heterocycles. The predicted octanol–water partition coefficient (Wildman–Crippen LogP) is 8.19. The highest BCUT2D eigenvalue weighted by atomic mass is 31.2. The normalized spacial score (nSPS) is 18.8. The third kappa shape index (κ3) is 9.24. The van der Waals surface area contributed by atoms with Gasteiger partial charge in [0.25, 0.3) is 0 Å². The quantitative estimate of drug-likeness (QED) is 0.213. The van der Waals surface area contributed by atoms with E-state index in [-0.39, 0.29) is 5.92 Å². The van der Waals surface area contributed by atoms with Gasteiger partial charge >= 0.3 is 0 Å². The first-order valence-corrected chi connectivity index (χ1v) is 17.5. The molecule has 2 aliphatic rings. The molecule has 2 atom stereocenters. The van der Waals surface area contributed by atoms with E-state index >= 15 is 0 Å². The summed E-state index contributed by atoms with van der Waals surface area (Å²) in [6.07, 6.45) is 10.5. The molecule has 2 aromatic rings. The highest BCUT2D eigenvalue weighted by molar-refractivity contribution is 7.58. The summed E-state index contributed by atoms with van der Waals surface area (Å²) >= 11 is 0. The highest BCUT2D eigenvalue weighted by Crippen LogP contribution is 2.53. The van der Waals surface area contributed by atoms with Crippen LogP contribution in [0.4, 0.5) is 5.69 Å². The van der Waals surface area contributed by atoms with Gasteiger partial charge < -0.3 is 18.9 Å². The molecule has 2 fully saturated rings. The second-order valence-corrected chi connectivity index (χ2v) is 15.8. The number of hydrogen-bond donors (Lipinski definition) is 0. The average Bonchev–Trinajstić information content (AvgIpc) is 3.76. The molecule has 6 nitrogen and oxygen atoms in total. The van der Waals surface area contributed by atoms with Gasteiger partial charge in [-0.25, -0.2) is 4.98 Å². The zero-order chi connectivity index (χ0) is 28.8. The van der Waals surface area contributed by atoms with Crippen LogP contribution in [0.1, 0.15) is 83.3 Å². The van der Waals surface area contributed by atoms with Crippen molar-refractivity contribution < 1.29 is 18.6 Å². The van der Waals surface area contributed by atoms with E-state index in [0.29, 0.717) is 42.5 Å². The Morgan fingerprint density at radius 3 is 2.50 bits per heavy atom. The van der Waals surface area contributed by atoms with Crippen molar-refractivity contribution in [3.63, 3.8) is 0 Å². The number of hydrogen-bond acceptors (Lipinski definition) is 6. The minimum absolute atomic E-state index is 0.247. The van der Waals surface area contributed by atoms with Gasteiger partial charge in [0.1, 0.15) is 5.75 Å². The Morgan fingerprint density at radius 2 is 1.85 bits per heavy atom. The molecule has 1 aliphatic carbocycles. The first kappa shape index (κ1) is 30.9. The van der Waals surface area contributed by atoms with Gasteiger partial charge in [0.15, 0.2) is 0 Å². The molecule has 0 spiro atoms. The van der Waals surface area contributed by atoms with Crippen molar-refractivity contribution in [1.29, 1.82) is 0 Å². The van der Waals surface area contributed by atoms with Crippen LogP contribution in [0.15, 0.2) is 36.5 Å². The summed E-state index contributed by atoms with van der Waals surface area (Å²) in [5.41, 5.74) is 4.29. The smallest absolute Gasteiger partial charge is 0.213 e. The van der Waals surface area contributed by atoms with Crippen LogP contribution in [0.2, 0.25) is 0 Å². The third-order valence-corrected chi connectivity index (χ3v) is 10.3. The second kappa shape index (κ2) is 13.7. The zero-order valence-corrected chi connectivity index (χ0v) is 26.6. The summed E-state index contributed by atoms with van der Waals surface area (Å²) in [5, 5.41) is 0. The number of benzene rings is 1. The maximum absolute atomic E-state index is 12.9. The van der Waals surface area contributed by atoms with Crippen molar-refractivity contribution >= 4 is 13.1 Å². The van der Waals surface area contributed by atoms with Crippen LogP contribution in [0.3, 0.4) is 0 Å². The van der Waals surface area contributed by atoms with Crippen LogP contribution in [-0.4, -0.2) is 51.2 Å². The van der Waals surface area contributed by atoms with E-state index in [2.05, 4.69) is 61.0 Å². The maximum atomic E-state index is 12.9. The molecule has 2 unspecified atom stereocenters. The molecule has 0 radical (unpaired) electrons. The molecule has 7 heteroatoms. The molecular weight excluding hydrogens is 519 g/mol. The molecule has 0 amide bonds. The van der Waals surface area contributed by atoms with Crippen molar-refractivity contribution in [2.24, 2.45) is 17.3 Å². The fourth-order valence-corrected chi connectivity index (χ4v) is 7.85. The van der Waals surface area contributed by atoms with Crippen molar-refractivity contribution in [3.8, 4) is 11.6 Å². The molecule has 40 heavy (non-hydrogen) atoms. The second-order valence-electron chi connectivity index (χ2n) is 13.1. The molecule has 0 bridgehead atoms. The largest absolute Gasteiger partial charge is 0.497 e. The lowest BCUT2D eigenvalue weighted by Gasteiger charge is -2.35. The monoisotopic (exact) mass is 570 g/mol. The molecule has 1 saturated carbocycles. The Morgan fingerprint density at radius 1 is 1.10 bits per heavy atom. The molecular formula is C33H51N2O4P. The predicted molar refractivity (Wildman–Crippen MR) is 166 cm³/mol. The van der Waals surface area contributed by atoms with Crippen LogP contribution in [0, 0.1) is 17.3 Å². The van der Waals surface area contributed by atoms with Gasteiger partial charge in [0, 0.05) is 49.9 Å². The number of aromatic nitrogens is 1. The first-order valence-electron chi connectivity index (χ1n) is 15.3. The summed E-state index contributed by atoms with van der Waals surface area (Å²) in [6.45, 7) is 13.9. The van der Waals surface area contributed by atoms with Gasteiger partial charge in [0.05, 0.1) is 20.3 Å². The average molecular weight is 571 g/mol. The van der Waals surface area contributed by atoms with Gasteiger partial charge in [-0.3, -0.25) is 4.57 Å². The van der Waals surface area contributed by atoms with Gasteiger partial charge in [-0.1, -0.05) is 26.8 Å². The fraction of sp³-hybridized carbons (Fsp3) is 0.667. The lowest BCUT2D eigenvalue weighted by atomic mass is 9.88. The molecule has 222 valence electrons. The number of piperidine rings is 1. The molecule has 1 saturated heterocycles. The van der Waals surface area contributed by atoms with Crippen molar-refractivity contribution in [2.75, 3.05) is 51.1 Å². The summed E-state index contributed by atoms with van der Waals surface area (Å²) in [7, 11) is -0.861. The van der Waals surface area contributed by atoms with E-state index in [1.165, 1.54) is 42.5 Å². The number of pyridine rings is 1. The number of anilines is 1. The Kier molecular flexibility index (Phi) is 10.6. The van der Waals surface area contributed by atoms with E-state index in [1.54, 1.807) is 13.8 Å². The number of aryl methyl sites for hydroxylation is 1. The molecule has 1 aromatic heterocycles. The number of rotatable bonds is 14. The maximum Gasteiger partial charge on any atom is 0.213 e. The van der Waals surface area contributed by atoms with Crippen LogP contribution in [0.25, 0.3) is 0 Å². The van der Waals surface area contributed by atoms with Crippen LogP contribution < -0.4 is 14.4 Å². The van der Waals surface area contributed by atoms with E-state index in [9.17, 15) is 4.57 Å². The Hall–Kier alpha value is -2.04. The molecule has 0 N–H and O–H groups in total. The van der Waals surface area contributed by atoms with E-state index in [4.69, 9.17) is 14.0 Å². The van der Waals surface area contributed by atoms with E-state index in [0.717, 1.165) is 38.1 Å². The van der Waals surface area contributed by atoms with Crippen LogP contribution in [-0.2, 0) is 15.5 Å². The van der Waals surface area contributed by atoms with Gasteiger partial charge in [-0.15, -0.1) is 0 Å². The summed E-state index contributed by atoms with van der Waals surface area (Å²) in [4.78, 5) is 7.04. The summed E-state index contributed by atoms with van der Waals surface area (Å²) in [6, 6.07) is 10.7. The standard InChI is InChI=1S/C33H51N2O4P/c1-7-39-40(6,36)24-30(26-10-11-26)28-14-18-34-32(21-28)38-23-25-15-19-35(20-16-25)31-22-29(37-5)13-12-27(31)9-8-17-33(2,3)4/h12-14,18,21-22,25-26,30H,7-11,15-17,19-20,23-24H2,1-6H3. The van der Waals surface area contributed by atoms with Gasteiger partial charge in [-0.05, 0) is 98.3 Å².